The second-order valence-corrected chi connectivity index (χ2v) is 6.62. The molecule has 0 aliphatic carbocycles. The Labute approximate surface area is 104 Å². The molecule has 0 aromatic carbocycles. The van der Waals surface area contributed by atoms with Crippen LogP contribution < -0.4 is 0 Å². The smallest absolute Gasteiger partial charge is 0.307 e. The molecule has 0 bridgehead atoms. The Morgan fingerprint density at radius 3 is 2.76 bits per heavy atom. The second-order valence-electron chi connectivity index (χ2n) is 3.63. The Morgan fingerprint density at radius 1 is 1.59 bits per heavy atom. The normalized spacial score (nSPS) is 13.3. The SMILES string of the molecule is CC(CSc1ncccc1S(C)(=O)=O)C(=O)O. The molecule has 1 atom stereocenters. The quantitative estimate of drug-likeness (QED) is 0.815. The molecule has 0 saturated heterocycles. The molecule has 0 radical (unpaired) electrons. The number of pyridine rings is 1. The van der Waals surface area contributed by atoms with Crippen molar-refractivity contribution < 1.29 is 18.3 Å². The summed E-state index contributed by atoms with van der Waals surface area (Å²) in [4.78, 5) is 14.8. The molecule has 5 nitrogen and oxygen atoms in total. The summed E-state index contributed by atoms with van der Waals surface area (Å²) in [6.45, 7) is 1.57. The van der Waals surface area contributed by atoms with E-state index in [0.29, 0.717) is 5.03 Å². The lowest BCUT2D eigenvalue weighted by Gasteiger charge is -2.08. The Bertz CT molecular complexity index is 513. The lowest BCUT2D eigenvalue weighted by molar-refractivity contribution is -0.140. The zero-order valence-electron chi connectivity index (χ0n) is 9.45. The van der Waals surface area contributed by atoms with Gasteiger partial charge in [-0.2, -0.15) is 0 Å². The molecule has 0 saturated carbocycles. The van der Waals surface area contributed by atoms with Crippen molar-refractivity contribution in [2.24, 2.45) is 5.92 Å². The lowest BCUT2D eigenvalue weighted by Crippen LogP contribution is -2.12. The molecule has 1 N–H and O–H groups in total. The summed E-state index contributed by atoms with van der Waals surface area (Å²) in [5.74, 6) is -1.17. The van der Waals surface area contributed by atoms with E-state index in [1.807, 2.05) is 0 Å². The van der Waals surface area contributed by atoms with Crippen LogP contribution in [0.2, 0.25) is 0 Å². The number of hydrogen-bond donors (Lipinski definition) is 1. The summed E-state index contributed by atoms with van der Waals surface area (Å²) >= 11 is 1.14. The highest BCUT2D eigenvalue weighted by Crippen LogP contribution is 2.25. The molecule has 7 heteroatoms. The van der Waals surface area contributed by atoms with Crippen molar-refractivity contribution in [2.45, 2.75) is 16.8 Å². The van der Waals surface area contributed by atoms with Crippen LogP contribution in [0, 0.1) is 5.92 Å². The first kappa shape index (κ1) is 14.0. The number of aliphatic carboxylic acids is 1. The van der Waals surface area contributed by atoms with Crippen molar-refractivity contribution in [1.29, 1.82) is 0 Å². The zero-order chi connectivity index (χ0) is 13.1. The minimum Gasteiger partial charge on any atom is -0.481 e. The first-order valence-electron chi connectivity index (χ1n) is 4.83. The van der Waals surface area contributed by atoms with Crippen molar-refractivity contribution in [1.82, 2.24) is 4.98 Å². The number of rotatable bonds is 5. The average Bonchev–Trinajstić information content (AvgIpc) is 2.24. The van der Waals surface area contributed by atoms with Crippen molar-refractivity contribution in [3.8, 4) is 0 Å². The molecule has 17 heavy (non-hydrogen) atoms. The maximum atomic E-state index is 11.5. The number of hydrogen-bond acceptors (Lipinski definition) is 5. The molecule has 1 rings (SSSR count). The largest absolute Gasteiger partial charge is 0.481 e. The molecule has 0 aliphatic heterocycles. The van der Waals surface area contributed by atoms with Crippen molar-refractivity contribution >= 4 is 27.6 Å². The van der Waals surface area contributed by atoms with Crippen LogP contribution in [0.1, 0.15) is 6.92 Å². The van der Waals surface area contributed by atoms with Crippen LogP contribution in [0.25, 0.3) is 0 Å². The Balaban J connectivity index is 2.89. The molecule has 0 amide bonds. The fourth-order valence-corrected chi connectivity index (χ4v) is 3.26. The molecule has 1 aromatic rings. The van der Waals surface area contributed by atoms with Crippen LogP contribution in [-0.4, -0.2) is 36.5 Å². The molecular formula is C10H13NO4S2. The van der Waals surface area contributed by atoms with Gasteiger partial charge in [0.25, 0.3) is 0 Å². The highest BCUT2D eigenvalue weighted by Gasteiger charge is 2.17. The van der Waals surface area contributed by atoms with E-state index in [-0.39, 0.29) is 10.6 Å². The number of carbonyl (C=O) groups is 1. The van der Waals surface area contributed by atoms with Gasteiger partial charge in [0.05, 0.1) is 10.8 Å². The van der Waals surface area contributed by atoms with Gasteiger partial charge in [-0.3, -0.25) is 4.79 Å². The van der Waals surface area contributed by atoms with Gasteiger partial charge in [0.2, 0.25) is 0 Å². The van der Waals surface area contributed by atoms with E-state index in [9.17, 15) is 13.2 Å². The number of nitrogens with zero attached hydrogens (tertiary/aromatic N) is 1. The highest BCUT2D eigenvalue weighted by atomic mass is 32.2. The van der Waals surface area contributed by atoms with E-state index in [1.165, 1.54) is 12.3 Å². The Hall–Kier alpha value is -1.08. The maximum Gasteiger partial charge on any atom is 0.307 e. The van der Waals surface area contributed by atoms with Crippen molar-refractivity contribution in [3.63, 3.8) is 0 Å². The molecule has 1 heterocycles. The van der Waals surface area contributed by atoms with Gasteiger partial charge in [-0.1, -0.05) is 6.92 Å². The predicted octanol–water partition coefficient (Wildman–Crippen LogP) is 1.30. The van der Waals surface area contributed by atoms with Crippen LogP contribution >= 0.6 is 11.8 Å². The van der Waals surface area contributed by atoms with Gasteiger partial charge in [-0.15, -0.1) is 11.8 Å². The van der Waals surface area contributed by atoms with E-state index < -0.39 is 21.7 Å². The van der Waals surface area contributed by atoms with E-state index in [1.54, 1.807) is 13.0 Å². The average molecular weight is 275 g/mol. The van der Waals surface area contributed by atoms with Crippen LogP contribution in [0.3, 0.4) is 0 Å². The van der Waals surface area contributed by atoms with Gasteiger partial charge >= 0.3 is 5.97 Å². The first-order valence-corrected chi connectivity index (χ1v) is 7.70. The summed E-state index contributed by atoms with van der Waals surface area (Å²) in [6.07, 6.45) is 2.59. The summed E-state index contributed by atoms with van der Waals surface area (Å²) in [7, 11) is -3.33. The third-order valence-electron chi connectivity index (χ3n) is 2.03. The number of carboxylic acid groups (broad SMARTS) is 1. The lowest BCUT2D eigenvalue weighted by atomic mass is 10.2. The summed E-state index contributed by atoms with van der Waals surface area (Å²) in [5.41, 5.74) is 0. The Morgan fingerprint density at radius 2 is 2.24 bits per heavy atom. The fourth-order valence-electron chi connectivity index (χ4n) is 1.04. The fraction of sp³-hybridized carbons (Fsp3) is 0.400. The third-order valence-corrected chi connectivity index (χ3v) is 4.55. The maximum absolute atomic E-state index is 11.5. The topological polar surface area (TPSA) is 84.3 Å². The monoisotopic (exact) mass is 275 g/mol. The van der Waals surface area contributed by atoms with Gasteiger partial charge in [0.15, 0.2) is 9.84 Å². The predicted molar refractivity (Wildman–Crippen MR) is 64.9 cm³/mol. The molecule has 94 valence electrons. The molecular weight excluding hydrogens is 262 g/mol. The minimum atomic E-state index is -3.33. The van der Waals surface area contributed by atoms with Crippen LogP contribution in [0.4, 0.5) is 0 Å². The number of carboxylic acids is 1. The van der Waals surface area contributed by atoms with Gasteiger partial charge < -0.3 is 5.11 Å². The molecule has 0 spiro atoms. The Kier molecular flexibility index (Phi) is 4.53. The first-order chi connectivity index (χ1) is 7.82. The minimum absolute atomic E-state index is 0.141. The van der Waals surface area contributed by atoms with E-state index in [0.717, 1.165) is 18.0 Å². The van der Waals surface area contributed by atoms with Crippen molar-refractivity contribution in [3.05, 3.63) is 18.3 Å². The number of thioether (sulfide) groups is 1. The van der Waals surface area contributed by atoms with E-state index in [4.69, 9.17) is 5.11 Å². The van der Waals surface area contributed by atoms with Crippen LogP contribution in [-0.2, 0) is 14.6 Å². The highest BCUT2D eigenvalue weighted by molar-refractivity contribution is 8.00. The molecule has 0 fully saturated rings. The van der Waals surface area contributed by atoms with Crippen LogP contribution in [0.5, 0.6) is 0 Å². The summed E-state index contributed by atoms with van der Waals surface area (Å²) in [5, 5.41) is 9.09. The van der Waals surface area contributed by atoms with Gasteiger partial charge in [-0.05, 0) is 12.1 Å². The standard InChI is InChI=1S/C10H13NO4S2/c1-7(10(12)13)6-16-9-8(17(2,14)15)4-3-5-11-9/h3-5,7H,6H2,1-2H3,(H,12,13). The molecule has 0 aliphatic rings. The second kappa shape index (κ2) is 5.50. The summed E-state index contributed by atoms with van der Waals surface area (Å²) < 4.78 is 22.9. The van der Waals surface area contributed by atoms with Gasteiger partial charge in [0.1, 0.15) is 5.03 Å². The van der Waals surface area contributed by atoms with Gasteiger partial charge in [-0.25, -0.2) is 13.4 Å². The van der Waals surface area contributed by atoms with E-state index >= 15 is 0 Å². The summed E-state index contributed by atoms with van der Waals surface area (Å²) in [6, 6.07) is 3.01. The third kappa shape index (κ3) is 4.01. The van der Waals surface area contributed by atoms with Gasteiger partial charge in [0, 0.05) is 18.2 Å². The number of sulfone groups is 1. The van der Waals surface area contributed by atoms with Crippen LogP contribution in [0.15, 0.2) is 28.3 Å². The zero-order valence-corrected chi connectivity index (χ0v) is 11.1. The van der Waals surface area contributed by atoms with Crippen molar-refractivity contribution in [2.75, 3.05) is 12.0 Å². The van der Waals surface area contributed by atoms with E-state index in [2.05, 4.69) is 4.98 Å². The molecule has 1 unspecified atom stereocenters. The number of aromatic nitrogens is 1. The molecule has 1 aromatic heterocycles.